The fourth-order valence-corrected chi connectivity index (χ4v) is 3.69. The van der Waals surface area contributed by atoms with Gasteiger partial charge < -0.3 is 15.5 Å². The Kier molecular flexibility index (Phi) is 7.15. The molecule has 0 heterocycles. The quantitative estimate of drug-likeness (QED) is 0.784. The Morgan fingerprint density at radius 3 is 2.29 bits per heavy atom. The lowest BCUT2D eigenvalue weighted by molar-refractivity contribution is 0.0250. The molecule has 1 fully saturated rings. The van der Waals surface area contributed by atoms with Gasteiger partial charge in [0.25, 0.3) is 0 Å². The Balaban J connectivity index is 2.67. The average molecular weight is 298 g/mol. The Labute approximate surface area is 133 Å². The van der Waals surface area contributed by atoms with Crippen molar-refractivity contribution in [1.29, 1.82) is 0 Å². The first-order valence-electron chi connectivity index (χ1n) is 8.77. The normalized spacial score (nSPS) is 29.6. The van der Waals surface area contributed by atoms with Gasteiger partial charge in [0.1, 0.15) is 0 Å². The maximum absolute atomic E-state index is 6.31. The van der Waals surface area contributed by atoms with Crippen LogP contribution in [0.5, 0.6) is 0 Å². The molecule has 2 N–H and O–H groups in total. The first kappa shape index (κ1) is 18.9. The minimum absolute atomic E-state index is 0.352. The van der Waals surface area contributed by atoms with Crippen LogP contribution in [0.15, 0.2) is 0 Å². The monoisotopic (exact) mass is 297 g/mol. The molecule has 3 atom stereocenters. The zero-order valence-corrected chi connectivity index (χ0v) is 15.5. The van der Waals surface area contributed by atoms with Gasteiger partial charge in [-0.1, -0.05) is 34.6 Å². The van der Waals surface area contributed by atoms with Crippen molar-refractivity contribution < 1.29 is 0 Å². The highest BCUT2D eigenvalue weighted by Gasteiger charge is 2.41. The van der Waals surface area contributed by atoms with Crippen LogP contribution in [0.3, 0.4) is 0 Å². The molecule has 3 heteroatoms. The first-order valence-corrected chi connectivity index (χ1v) is 8.77. The van der Waals surface area contributed by atoms with E-state index in [1.54, 1.807) is 0 Å². The molecule has 0 saturated heterocycles. The number of nitrogens with two attached hydrogens (primary N) is 1. The molecule has 0 radical (unpaired) electrons. The first-order chi connectivity index (χ1) is 9.64. The lowest BCUT2D eigenvalue weighted by Crippen LogP contribution is -2.50. The van der Waals surface area contributed by atoms with Gasteiger partial charge in [0, 0.05) is 32.2 Å². The van der Waals surface area contributed by atoms with E-state index in [1.165, 1.54) is 32.5 Å². The van der Waals surface area contributed by atoms with Crippen LogP contribution < -0.4 is 5.73 Å². The summed E-state index contributed by atoms with van der Waals surface area (Å²) in [5, 5.41) is 0. The minimum atomic E-state index is 0.352. The van der Waals surface area contributed by atoms with Crippen molar-refractivity contribution in [2.45, 2.75) is 53.5 Å². The van der Waals surface area contributed by atoms with Gasteiger partial charge in [0.15, 0.2) is 0 Å². The summed E-state index contributed by atoms with van der Waals surface area (Å²) >= 11 is 0. The summed E-state index contributed by atoms with van der Waals surface area (Å²) in [6.45, 7) is 16.6. The molecule has 1 aliphatic carbocycles. The summed E-state index contributed by atoms with van der Waals surface area (Å²) < 4.78 is 0. The summed E-state index contributed by atoms with van der Waals surface area (Å²) in [6, 6.07) is 0.386. The van der Waals surface area contributed by atoms with Crippen LogP contribution in [-0.2, 0) is 0 Å². The maximum atomic E-state index is 6.31. The van der Waals surface area contributed by atoms with Crippen LogP contribution in [-0.4, -0.2) is 56.1 Å². The van der Waals surface area contributed by atoms with E-state index in [9.17, 15) is 0 Å². The van der Waals surface area contributed by atoms with E-state index in [-0.39, 0.29) is 0 Å². The van der Waals surface area contributed by atoms with E-state index < -0.39 is 0 Å². The van der Waals surface area contributed by atoms with Crippen molar-refractivity contribution in [2.24, 2.45) is 28.9 Å². The van der Waals surface area contributed by atoms with Crippen LogP contribution in [0.25, 0.3) is 0 Å². The van der Waals surface area contributed by atoms with Gasteiger partial charge in [-0.05, 0) is 50.1 Å². The zero-order valence-electron chi connectivity index (χ0n) is 15.5. The second-order valence-electron chi connectivity index (χ2n) is 8.50. The molecule has 126 valence electrons. The SMILES string of the molecule is CC(C)CN(CCN(C)C)CC1CCC(N)C(C)C1(C)C. The summed E-state index contributed by atoms with van der Waals surface area (Å²) in [7, 11) is 4.33. The minimum Gasteiger partial charge on any atom is -0.327 e. The zero-order chi connectivity index (χ0) is 16.2. The topological polar surface area (TPSA) is 32.5 Å². The van der Waals surface area contributed by atoms with Crippen molar-refractivity contribution in [3.63, 3.8) is 0 Å². The van der Waals surface area contributed by atoms with Crippen molar-refractivity contribution in [3.8, 4) is 0 Å². The van der Waals surface area contributed by atoms with Gasteiger partial charge in [-0.2, -0.15) is 0 Å². The summed E-state index contributed by atoms with van der Waals surface area (Å²) in [5.41, 5.74) is 6.66. The molecule has 1 saturated carbocycles. The third-order valence-electron chi connectivity index (χ3n) is 5.68. The highest BCUT2D eigenvalue weighted by atomic mass is 15.2. The lowest BCUT2D eigenvalue weighted by atomic mass is 9.61. The van der Waals surface area contributed by atoms with Gasteiger partial charge in [-0.15, -0.1) is 0 Å². The Morgan fingerprint density at radius 1 is 1.14 bits per heavy atom. The van der Waals surface area contributed by atoms with Crippen LogP contribution in [0.2, 0.25) is 0 Å². The van der Waals surface area contributed by atoms with Gasteiger partial charge in [-0.3, -0.25) is 0 Å². The molecule has 0 aromatic rings. The van der Waals surface area contributed by atoms with Crippen molar-refractivity contribution in [1.82, 2.24) is 9.80 Å². The molecular weight excluding hydrogens is 258 g/mol. The lowest BCUT2D eigenvalue weighted by Gasteiger charge is -2.48. The van der Waals surface area contributed by atoms with Crippen LogP contribution >= 0.6 is 0 Å². The highest BCUT2D eigenvalue weighted by molar-refractivity contribution is 4.94. The van der Waals surface area contributed by atoms with E-state index in [0.717, 1.165) is 18.4 Å². The average Bonchev–Trinajstić information content (AvgIpc) is 2.36. The number of rotatable bonds is 7. The van der Waals surface area contributed by atoms with Crippen LogP contribution in [0.1, 0.15) is 47.5 Å². The van der Waals surface area contributed by atoms with Crippen molar-refractivity contribution in [3.05, 3.63) is 0 Å². The van der Waals surface area contributed by atoms with E-state index in [1.807, 2.05) is 0 Å². The largest absolute Gasteiger partial charge is 0.327 e. The van der Waals surface area contributed by atoms with E-state index in [2.05, 4.69) is 58.5 Å². The van der Waals surface area contributed by atoms with Gasteiger partial charge in [0.05, 0.1) is 0 Å². The molecular formula is C18H39N3. The molecule has 1 rings (SSSR count). The molecule has 21 heavy (non-hydrogen) atoms. The molecule has 0 aromatic carbocycles. The number of hydrogen-bond donors (Lipinski definition) is 1. The molecule has 0 amide bonds. The van der Waals surface area contributed by atoms with Gasteiger partial charge in [0.2, 0.25) is 0 Å². The molecule has 0 bridgehead atoms. The van der Waals surface area contributed by atoms with E-state index in [0.29, 0.717) is 17.4 Å². The van der Waals surface area contributed by atoms with E-state index >= 15 is 0 Å². The standard InChI is InChI=1S/C18H39N3/c1-14(2)12-21(11-10-20(6)7)13-16-8-9-17(19)15(3)18(16,4)5/h14-17H,8-13,19H2,1-7H3. The predicted molar refractivity (Wildman–Crippen MR) is 93.5 cm³/mol. The van der Waals surface area contributed by atoms with Crippen molar-refractivity contribution in [2.75, 3.05) is 40.3 Å². The fourth-order valence-electron chi connectivity index (χ4n) is 3.69. The van der Waals surface area contributed by atoms with Crippen molar-refractivity contribution >= 4 is 0 Å². The fraction of sp³-hybridized carbons (Fsp3) is 1.00. The molecule has 1 aliphatic rings. The van der Waals surface area contributed by atoms with Crippen LogP contribution in [0.4, 0.5) is 0 Å². The summed E-state index contributed by atoms with van der Waals surface area (Å²) in [6.07, 6.45) is 2.48. The van der Waals surface area contributed by atoms with Crippen LogP contribution in [0, 0.1) is 23.2 Å². The number of likely N-dealkylation sites (N-methyl/N-ethyl adjacent to an activating group) is 1. The second-order valence-corrected chi connectivity index (χ2v) is 8.50. The molecule has 3 unspecified atom stereocenters. The van der Waals surface area contributed by atoms with Gasteiger partial charge in [-0.25, -0.2) is 0 Å². The number of nitrogens with zero attached hydrogens (tertiary/aromatic N) is 2. The van der Waals surface area contributed by atoms with Gasteiger partial charge >= 0.3 is 0 Å². The molecule has 0 aromatic heterocycles. The third-order valence-corrected chi connectivity index (χ3v) is 5.68. The molecule has 3 nitrogen and oxygen atoms in total. The Bertz CT molecular complexity index is 299. The summed E-state index contributed by atoms with van der Waals surface area (Å²) in [5.74, 6) is 2.12. The maximum Gasteiger partial charge on any atom is 0.0109 e. The second kappa shape index (κ2) is 7.94. The smallest absolute Gasteiger partial charge is 0.0109 e. The number of hydrogen-bond acceptors (Lipinski definition) is 3. The Morgan fingerprint density at radius 2 is 1.76 bits per heavy atom. The summed E-state index contributed by atoms with van der Waals surface area (Å²) in [4.78, 5) is 4.97. The highest BCUT2D eigenvalue weighted by Crippen LogP contribution is 2.44. The molecule has 0 spiro atoms. The molecule has 0 aliphatic heterocycles. The third kappa shape index (κ3) is 5.54. The predicted octanol–water partition coefficient (Wildman–Crippen LogP) is 2.91. The Hall–Kier alpha value is -0.120. The van der Waals surface area contributed by atoms with E-state index in [4.69, 9.17) is 5.73 Å².